The molecule has 0 spiro atoms. The molecular formula is C20H22FN3O2S. The van der Waals surface area contributed by atoms with Gasteiger partial charge in [-0.3, -0.25) is 4.79 Å². The van der Waals surface area contributed by atoms with Crippen LogP contribution in [0.5, 0.6) is 0 Å². The molecule has 1 saturated heterocycles. The Kier molecular flexibility index (Phi) is 6.34. The summed E-state index contributed by atoms with van der Waals surface area (Å²) < 4.78 is 13.4. The molecule has 2 aromatic carbocycles. The molecule has 5 nitrogen and oxygen atoms in total. The lowest BCUT2D eigenvalue weighted by Crippen LogP contribution is -2.39. The van der Waals surface area contributed by atoms with Crippen LogP contribution in [0.1, 0.15) is 18.4 Å². The second-order valence-electron chi connectivity index (χ2n) is 6.50. The fourth-order valence-corrected chi connectivity index (χ4v) is 4.03. The number of rotatable bonds is 6. The van der Waals surface area contributed by atoms with Crippen molar-refractivity contribution in [3.63, 3.8) is 0 Å². The number of carbonyl (C=O) groups excluding carboxylic acids is 2. The first-order valence-electron chi connectivity index (χ1n) is 8.85. The normalized spacial score (nSPS) is 16.3. The summed E-state index contributed by atoms with van der Waals surface area (Å²) in [6.45, 7) is 0.669. The number of hydrogen-bond acceptors (Lipinski definition) is 3. The second-order valence-corrected chi connectivity index (χ2v) is 7.52. The van der Waals surface area contributed by atoms with Gasteiger partial charge < -0.3 is 16.0 Å². The molecule has 7 heteroatoms. The van der Waals surface area contributed by atoms with Gasteiger partial charge in [0, 0.05) is 17.5 Å². The van der Waals surface area contributed by atoms with E-state index in [1.807, 2.05) is 24.3 Å². The van der Waals surface area contributed by atoms with Crippen LogP contribution in [0.15, 0.2) is 53.4 Å². The molecule has 3 rings (SSSR count). The third-order valence-corrected chi connectivity index (χ3v) is 5.59. The Morgan fingerprint density at radius 3 is 2.81 bits per heavy atom. The van der Waals surface area contributed by atoms with E-state index in [0.717, 1.165) is 23.3 Å². The van der Waals surface area contributed by atoms with Crippen molar-refractivity contribution in [3.05, 3.63) is 59.9 Å². The molecule has 3 N–H and O–H groups in total. The van der Waals surface area contributed by atoms with E-state index in [-0.39, 0.29) is 23.6 Å². The first-order valence-corrected chi connectivity index (χ1v) is 9.83. The zero-order valence-corrected chi connectivity index (χ0v) is 15.7. The average molecular weight is 387 g/mol. The van der Waals surface area contributed by atoms with Crippen LogP contribution in [-0.4, -0.2) is 35.2 Å². The van der Waals surface area contributed by atoms with Crippen LogP contribution in [0.4, 0.5) is 14.9 Å². The number of hydrogen-bond donors (Lipinski definition) is 2. The maximum absolute atomic E-state index is 13.4. The molecule has 3 amide bonds. The van der Waals surface area contributed by atoms with Crippen molar-refractivity contribution in [2.75, 3.05) is 17.6 Å². The van der Waals surface area contributed by atoms with Crippen LogP contribution in [0.25, 0.3) is 0 Å². The van der Waals surface area contributed by atoms with Gasteiger partial charge in [-0.05, 0) is 49.1 Å². The molecule has 1 atom stereocenters. The predicted molar refractivity (Wildman–Crippen MR) is 105 cm³/mol. The number of likely N-dealkylation sites (tertiary alicyclic amines) is 1. The third kappa shape index (κ3) is 5.23. The first kappa shape index (κ1) is 19.2. The maximum Gasteiger partial charge on any atom is 0.322 e. The Balaban J connectivity index is 1.67. The minimum atomic E-state index is -0.407. The van der Waals surface area contributed by atoms with Crippen LogP contribution < -0.4 is 11.1 Å². The minimum Gasteiger partial charge on any atom is -0.369 e. The number of nitrogens with zero attached hydrogens (tertiary/aromatic N) is 1. The molecule has 1 fully saturated rings. The molecule has 142 valence electrons. The van der Waals surface area contributed by atoms with Crippen LogP contribution in [0.3, 0.4) is 0 Å². The summed E-state index contributed by atoms with van der Waals surface area (Å²) in [6.07, 6.45) is 2.44. The van der Waals surface area contributed by atoms with E-state index in [9.17, 15) is 14.0 Å². The quantitative estimate of drug-likeness (QED) is 0.743. The Labute approximate surface area is 162 Å². The van der Waals surface area contributed by atoms with Crippen molar-refractivity contribution in [1.82, 2.24) is 4.90 Å². The van der Waals surface area contributed by atoms with Gasteiger partial charge in [-0.25, -0.2) is 9.18 Å². The van der Waals surface area contributed by atoms with E-state index in [4.69, 9.17) is 5.73 Å². The van der Waals surface area contributed by atoms with E-state index in [0.29, 0.717) is 18.7 Å². The van der Waals surface area contributed by atoms with Crippen molar-refractivity contribution in [2.24, 2.45) is 5.73 Å². The highest BCUT2D eigenvalue weighted by Gasteiger charge is 2.29. The monoisotopic (exact) mass is 387 g/mol. The molecule has 1 unspecified atom stereocenters. The van der Waals surface area contributed by atoms with Crippen molar-refractivity contribution in [1.29, 1.82) is 0 Å². The maximum atomic E-state index is 13.4. The molecule has 1 aliphatic rings. The number of para-hydroxylation sites is 1. The molecule has 0 saturated carbocycles. The number of anilines is 1. The summed E-state index contributed by atoms with van der Waals surface area (Å²) in [6, 6.07) is 13.7. The molecule has 0 radical (unpaired) electrons. The predicted octanol–water partition coefficient (Wildman–Crippen LogP) is 3.64. The SMILES string of the molecule is NC(=O)CSc1ccccc1NC(=O)N1CCCC1Cc1cccc(F)c1. The highest BCUT2D eigenvalue weighted by atomic mass is 32.2. The zero-order valence-electron chi connectivity index (χ0n) is 14.9. The van der Waals surface area contributed by atoms with Gasteiger partial charge in [0.05, 0.1) is 11.4 Å². The van der Waals surface area contributed by atoms with E-state index in [1.54, 1.807) is 17.0 Å². The lowest BCUT2D eigenvalue weighted by atomic mass is 10.0. The Bertz CT molecular complexity index is 830. The summed E-state index contributed by atoms with van der Waals surface area (Å²) in [5.74, 6) is -0.517. The summed E-state index contributed by atoms with van der Waals surface area (Å²) in [5, 5.41) is 2.94. The molecule has 0 aliphatic carbocycles. The number of benzene rings is 2. The van der Waals surface area contributed by atoms with Crippen LogP contribution >= 0.6 is 11.8 Å². The third-order valence-electron chi connectivity index (χ3n) is 4.50. The highest BCUT2D eigenvalue weighted by Crippen LogP contribution is 2.28. The molecule has 1 heterocycles. The van der Waals surface area contributed by atoms with E-state index >= 15 is 0 Å². The summed E-state index contributed by atoms with van der Waals surface area (Å²) >= 11 is 1.30. The van der Waals surface area contributed by atoms with Crippen molar-refractivity contribution < 1.29 is 14.0 Å². The number of nitrogens with two attached hydrogens (primary N) is 1. The zero-order chi connectivity index (χ0) is 19.2. The molecule has 2 aromatic rings. The largest absolute Gasteiger partial charge is 0.369 e. The van der Waals surface area contributed by atoms with E-state index in [1.165, 1.54) is 23.9 Å². The van der Waals surface area contributed by atoms with Gasteiger partial charge in [0.25, 0.3) is 0 Å². The van der Waals surface area contributed by atoms with Gasteiger partial charge in [-0.15, -0.1) is 11.8 Å². The number of urea groups is 1. The second kappa shape index (κ2) is 8.90. The number of nitrogens with one attached hydrogen (secondary N) is 1. The van der Waals surface area contributed by atoms with Gasteiger partial charge in [0.1, 0.15) is 5.82 Å². The molecule has 0 bridgehead atoms. The lowest BCUT2D eigenvalue weighted by molar-refractivity contribution is -0.115. The fraction of sp³-hybridized carbons (Fsp3) is 0.300. The van der Waals surface area contributed by atoms with Gasteiger partial charge in [-0.2, -0.15) is 0 Å². The van der Waals surface area contributed by atoms with E-state index < -0.39 is 5.91 Å². The average Bonchev–Trinajstić information content (AvgIpc) is 3.09. The highest BCUT2D eigenvalue weighted by molar-refractivity contribution is 8.00. The van der Waals surface area contributed by atoms with Crippen molar-refractivity contribution >= 4 is 29.4 Å². The van der Waals surface area contributed by atoms with Crippen LogP contribution in [0.2, 0.25) is 0 Å². The Morgan fingerprint density at radius 1 is 1.22 bits per heavy atom. The fourth-order valence-electron chi connectivity index (χ4n) is 3.28. The number of primary amides is 1. The van der Waals surface area contributed by atoms with Crippen molar-refractivity contribution in [2.45, 2.75) is 30.2 Å². The number of halogens is 1. The van der Waals surface area contributed by atoms with Gasteiger partial charge in [0.2, 0.25) is 5.91 Å². The smallest absolute Gasteiger partial charge is 0.322 e. The van der Waals surface area contributed by atoms with Crippen LogP contribution in [0, 0.1) is 5.82 Å². The van der Waals surface area contributed by atoms with Gasteiger partial charge in [0.15, 0.2) is 0 Å². The number of thioether (sulfide) groups is 1. The number of carbonyl (C=O) groups is 2. The molecular weight excluding hydrogens is 365 g/mol. The minimum absolute atomic E-state index is 0.0391. The standard InChI is InChI=1S/C20H22FN3O2S/c21-15-6-3-5-14(11-15)12-16-7-4-10-24(16)20(26)23-17-8-1-2-9-18(17)27-13-19(22)25/h1-3,5-6,8-9,11,16H,4,7,10,12-13H2,(H2,22,25)(H,23,26). The van der Waals surface area contributed by atoms with Crippen molar-refractivity contribution in [3.8, 4) is 0 Å². The number of amides is 3. The Morgan fingerprint density at radius 2 is 2.04 bits per heavy atom. The summed E-state index contributed by atoms with van der Waals surface area (Å²) in [5.41, 5.74) is 6.76. The van der Waals surface area contributed by atoms with Gasteiger partial charge >= 0.3 is 6.03 Å². The summed E-state index contributed by atoms with van der Waals surface area (Å²) in [7, 11) is 0. The summed E-state index contributed by atoms with van der Waals surface area (Å²) in [4.78, 5) is 26.5. The van der Waals surface area contributed by atoms with Gasteiger partial charge in [-0.1, -0.05) is 24.3 Å². The first-order chi connectivity index (χ1) is 13.0. The molecule has 27 heavy (non-hydrogen) atoms. The molecule has 0 aromatic heterocycles. The topological polar surface area (TPSA) is 75.4 Å². The van der Waals surface area contributed by atoms with Crippen LogP contribution in [-0.2, 0) is 11.2 Å². The Hall–Kier alpha value is -2.54. The lowest BCUT2D eigenvalue weighted by Gasteiger charge is -2.25. The molecule has 1 aliphatic heterocycles. The van der Waals surface area contributed by atoms with E-state index in [2.05, 4.69) is 5.32 Å².